The lowest BCUT2D eigenvalue weighted by molar-refractivity contribution is 0.0662. The highest BCUT2D eigenvalue weighted by Gasteiger charge is 2.33. The van der Waals surface area contributed by atoms with E-state index < -0.39 is 0 Å². The van der Waals surface area contributed by atoms with E-state index in [4.69, 9.17) is 4.74 Å². The van der Waals surface area contributed by atoms with Gasteiger partial charge in [-0.15, -0.1) is 0 Å². The lowest BCUT2D eigenvalue weighted by Gasteiger charge is -2.38. The second-order valence-electron chi connectivity index (χ2n) is 7.06. The minimum absolute atomic E-state index is 0.144. The summed E-state index contributed by atoms with van der Waals surface area (Å²) in [6.45, 7) is 5.21. The number of rotatable bonds is 4. The molecule has 124 valence electrons. The van der Waals surface area contributed by atoms with Crippen LogP contribution < -0.4 is 10.1 Å². The highest BCUT2D eigenvalue weighted by Crippen LogP contribution is 2.39. The number of aromatic nitrogens is 2. The Morgan fingerprint density at radius 3 is 2.92 bits per heavy atom. The molecule has 0 saturated heterocycles. The van der Waals surface area contributed by atoms with Crippen LogP contribution >= 0.6 is 0 Å². The first-order valence-electron chi connectivity index (χ1n) is 8.55. The Labute approximate surface area is 142 Å². The zero-order valence-corrected chi connectivity index (χ0v) is 14.2. The van der Waals surface area contributed by atoms with E-state index in [2.05, 4.69) is 52.9 Å². The van der Waals surface area contributed by atoms with E-state index in [1.807, 2.05) is 30.5 Å². The summed E-state index contributed by atoms with van der Waals surface area (Å²) in [7, 11) is 0. The molecule has 1 atom stereocenters. The van der Waals surface area contributed by atoms with Gasteiger partial charge in [0.1, 0.15) is 17.0 Å². The number of benzene rings is 1. The monoisotopic (exact) mass is 321 g/mol. The topological polar surface area (TPSA) is 38.6 Å². The van der Waals surface area contributed by atoms with Gasteiger partial charge in [-0.1, -0.05) is 24.3 Å². The summed E-state index contributed by atoms with van der Waals surface area (Å²) >= 11 is 0. The van der Waals surface area contributed by atoms with Crippen LogP contribution in [0, 0.1) is 0 Å². The summed E-state index contributed by atoms with van der Waals surface area (Å²) in [4.78, 5) is 4.67. The van der Waals surface area contributed by atoms with E-state index in [0.717, 1.165) is 36.5 Å². The lowest BCUT2D eigenvalue weighted by Crippen LogP contribution is -2.40. The van der Waals surface area contributed by atoms with Crippen LogP contribution in [-0.4, -0.2) is 21.5 Å². The Hall–Kier alpha value is -2.33. The van der Waals surface area contributed by atoms with Gasteiger partial charge in [0.2, 0.25) is 0 Å². The summed E-state index contributed by atoms with van der Waals surface area (Å²) in [6.07, 6.45) is 6.03. The number of nitrogens with one attached hydrogen (secondary N) is 1. The molecule has 4 nitrogen and oxygen atoms in total. The van der Waals surface area contributed by atoms with Crippen LogP contribution in [0.5, 0.6) is 5.75 Å². The molecule has 0 fully saturated rings. The fourth-order valence-corrected chi connectivity index (χ4v) is 3.47. The summed E-state index contributed by atoms with van der Waals surface area (Å²) in [5, 5.41) is 3.70. The second-order valence-corrected chi connectivity index (χ2v) is 7.06. The maximum atomic E-state index is 6.10. The second kappa shape index (κ2) is 5.95. The zero-order valence-electron chi connectivity index (χ0n) is 14.2. The highest BCUT2D eigenvalue weighted by atomic mass is 16.5. The van der Waals surface area contributed by atoms with E-state index in [1.165, 1.54) is 5.56 Å². The maximum Gasteiger partial charge on any atom is 0.136 e. The Balaban J connectivity index is 1.45. The summed E-state index contributed by atoms with van der Waals surface area (Å²) in [5.41, 5.74) is 3.24. The van der Waals surface area contributed by atoms with Gasteiger partial charge in [0.15, 0.2) is 0 Å². The molecule has 0 spiro atoms. The van der Waals surface area contributed by atoms with Crippen molar-refractivity contribution in [1.29, 1.82) is 0 Å². The predicted molar refractivity (Wildman–Crippen MR) is 95.4 cm³/mol. The van der Waals surface area contributed by atoms with Gasteiger partial charge in [0.25, 0.3) is 0 Å². The number of fused-ring (bicyclic) bond motifs is 2. The normalized spacial score (nSPS) is 19.0. The Kier molecular flexibility index (Phi) is 3.77. The lowest BCUT2D eigenvalue weighted by atomic mass is 9.89. The molecule has 1 aliphatic rings. The van der Waals surface area contributed by atoms with Gasteiger partial charge in [-0.25, -0.2) is 4.98 Å². The van der Waals surface area contributed by atoms with Crippen LogP contribution in [0.4, 0.5) is 0 Å². The van der Waals surface area contributed by atoms with Gasteiger partial charge >= 0.3 is 0 Å². The number of ether oxygens (including phenoxy) is 1. The first-order valence-corrected chi connectivity index (χ1v) is 8.55. The van der Waals surface area contributed by atoms with Crippen molar-refractivity contribution < 1.29 is 4.74 Å². The zero-order chi connectivity index (χ0) is 16.6. The van der Waals surface area contributed by atoms with Crippen molar-refractivity contribution in [3.8, 4) is 5.75 Å². The third-order valence-electron chi connectivity index (χ3n) is 4.56. The van der Waals surface area contributed by atoms with E-state index in [-0.39, 0.29) is 5.60 Å². The van der Waals surface area contributed by atoms with Crippen molar-refractivity contribution in [1.82, 2.24) is 14.7 Å². The SMILES string of the molecule is CC1(C)CC(NCCc2cn3ccccc3n2)c2ccccc2O1. The molecule has 0 aliphatic carbocycles. The summed E-state index contributed by atoms with van der Waals surface area (Å²) in [5.74, 6) is 0.999. The molecule has 1 aromatic carbocycles. The number of imidazole rings is 1. The molecule has 3 heterocycles. The average molecular weight is 321 g/mol. The van der Waals surface area contributed by atoms with Crippen LogP contribution in [0.15, 0.2) is 54.9 Å². The first kappa shape index (κ1) is 15.2. The van der Waals surface area contributed by atoms with Crippen molar-refractivity contribution in [2.45, 2.75) is 38.3 Å². The predicted octanol–water partition coefficient (Wildman–Crippen LogP) is 3.77. The number of nitrogens with zero attached hydrogens (tertiary/aromatic N) is 2. The minimum Gasteiger partial charge on any atom is -0.487 e. The number of para-hydroxylation sites is 1. The standard InChI is InChI=1S/C20H23N3O/c1-20(2)13-17(16-7-3-4-8-18(16)24-20)21-11-10-15-14-23-12-6-5-9-19(23)22-15/h3-9,12,14,17,21H,10-11,13H2,1-2H3. The van der Waals surface area contributed by atoms with Crippen molar-refractivity contribution in [2.24, 2.45) is 0 Å². The average Bonchev–Trinajstić information content (AvgIpc) is 2.96. The van der Waals surface area contributed by atoms with Gasteiger partial charge in [-0.05, 0) is 32.0 Å². The number of pyridine rings is 1. The quantitative estimate of drug-likeness (QED) is 0.795. The molecular formula is C20H23N3O. The van der Waals surface area contributed by atoms with E-state index in [0.29, 0.717) is 6.04 Å². The smallest absolute Gasteiger partial charge is 0.136 e. The van der Waals surface area contributed by atoms with Crippen molar-refractivity contribution >= 4 is 5.65 Å². The van der Waals surface area contributed by atoms with Crippen LogP contribution in [0.3, 0.4) is 0 Å². The maximum absolute atomic E-state index is 6.10. The van der Waals surface area contributed by atoms with Crippen molar-refractivity contribution in [3.63, 3.8) is 0 Å². The van der Waals surface area contributed by atoms with Gasteiger partial charge < -0.3 is 14.5 Å². The van der Waals surface area contributed by atoms with Crippen LogP contribution in [-0.2, 0) is 6.42 Å². The molecule has 0 saturated carbocycles. The van der Waals surface area contributed by atoms with Gasteiger partial charge in [-0.2, -0.15) is 0 Å². The Bertz CT molecular complexity index is 820. The summed E-state index contributed by atoms with van der Waals surface area (Å²) in [6, 6.07) is 14.7. The van der Waals surface area contributed by atoms with Crippen LogP contribution in [0.25, 0.3) is 5.65 Å². The third kappa shape index (κ3) is 3.02. The van der Waals surface area contributed by atoms with Crippen molar-refractivity contribution in [3.05, 3.63) is 66.1 Å². The van der Waals surface area contributed by atoms with Gasteiger partial charge in [0, 0.05) is 43.4 Å². The van der Waals surface area contributed by atoms with Crippen molar-refractivity contribution in [2.75, 3.05) is 6.54 Å². The molecule has 0 radical (unpaired) electrons. The summed E-state index contributed by atoms with van der Waals surface area (Å²) < 4.78 is 8.17. The van der Waals surface area contributed by atoms with E-state index in [1.54, 1.807) is 0 Å². The van der Waals surface area contributed by atoms with E-state index >= 15 is 0 Å². The molecular weight excluding hydrogens is 298 g/mol. The molecule has 0 bridgehead atoms. The fourth-order valence-electron chi connectivity index (χ4n) is 3.47. The van der Waals surface area contributed by atoms with E-state index in [9.17, 15) is 0 Å². The molecule has 1 aliphatic heterocycles. The third-order valence-corrected chi connectivity index (χ3v) is 4.56. The molecule has 1 N–H and O–H groups in total. The number of hydrogen-bond donors (Lipinski definition) is 1. The Morgan fingerprint density at radius 2 is 2.04 bits per heavy atom. The molecule has 1 unspecified atom stereocenters. The van der Waals surface area contributed by atoms with Gasteiger partial charge in [-0.3, -0.25) is 0 Å². The fraction of sp³-hybridized carbons (Fsp3) is 0.350. The highest BCUT2D eigenvalue weighted by molar-refractivity contribution is 5.40. The molecule has 4 heteroatoms. The number of hydrogen-bond acceptors (Lipinski definition) is 3. The van der Waals surface area contributed by atoms with Crippen LogP contribution in [0.1, 0.15) is 37.6 Å². The Morgan fingerprint density at radius 1 is 1.21 bits per heavy atom. The first-order chi connectivity index (χ1) is 11.6. The minimum atomic E-state index is -0.144. The largest absolute Gasteiger partial charge is 0.487 e. The molecule has 24 heavy (non-hydrogen) atoms. The van der Waals surface area contributed by atoms with Crippen LogP contribution in [0.2, 0.25) is 0 Å². The molecule has 4 rings (SSSR count). The molecule has 3 aromatic rings. The molecule has 2 aromatic heterocycles. The van der Waals surface area contributed by atoms with Gasteiger partial charge in [0.05, 0.1) is 5.69 Å². The molecule has 0 amide bonds.